The van der Waals surface area contributed by atoms with E-state index in [0.717, 1.165) is 70.8 Å². The second kappa shape index (κ2) is 14.6. The first-order chi connectivity index (χ1) is 14.7. The molecule has 8 heteroatoms. The van der Waals surface area contributed by atoms with Crippen LogP contribution in [-0.2, 0) is 17.7 Å². The van der Waals surface area contributed by atoms with Gasteiger partial charge in [-0.3, -0.25) is 9.89 Å². The van der Waals surface area contributed by atoms with Crippen LogP contribution in [0, 0.1) is 11.8 Å². The number of aromatic nitrogens is 1. The van der Waals surface area contributed by atoms with Crippen LogP contribution in [0.15, 0.2) is 10.4 Å². The zero-order valence-corrected chi connectivity index (χ0v) is 22.8. The molecular formula is C23H42IN5OS. The van der Waals surface area contributed by atoms with E-state index < -0.39 is 0 Å². The van der Waals surface area contributed by atoms with Crippen molar-refractivity contribution in [2.75, 3.05) is 53.0 Å². The van der Waals surface area contributed by atoms with Gasteiger partial charge in [0.1, 0.15) is 0 Å². The van der Waals surface area contributed by atoms with Gasteiger partial charge in [-0.05, 0) is 70.4 Å². The zero-order valence-electron chi connectivity index (χ0n) is 19.6. The lowest BCUT2D eigenvalue weighted by atomic mass is 9.96. The van der Waals surface area contributed by atoms with Crippen molar-refractivity contribution in [3.05, 3.63) is 16.1 Å². The van der Waals surface area contributed by atoms with Crippen molar-refractivity contribution >= 4 is 41.3 Å². The van der Waals surface area contributed by atoms with Crippen LogP contribution in [0.2, 0.25) is 0 Å². The van der Waals surface area contributed by atoms with Crippen LogP contribution in [0.1, 0.15) is 56.7 Å². The van der Waals surface area contributed by atoms with Crippen molar-refractivity contribution < 1.29 is 4.74 Å². The van der Waals surface area contributed by atoms with Crippen LogP contribution < -0.4 is 5.32 Å². The highest BCUT2D eigenvalue weighted by Crippen LogP contribution is 2.21. The van der Waals surface area contributed by atoms with Gasteiger partial charge in [0.2, 0.25) is 0 Å². The van der Waals surface area contributed by atoms with Gasteiger partial charge in [0.25, 0.3) is 0 Å². The normalized spacial score (nSPS) is 19.3. The highest BCUT2D eigenvalue weighted by Gasteiger charge is 2.20. The Morgan fingerprint density at radius 3 is 2.61 bits per heavy atom. The van der Waals surface area contributed by atoms with Gasteiger partial charge in [-0.1, -0.05) is 6.92 Å². The van der Waals surface area contributed by atoms with Gasteiger partial charge in [-0.15, -0.1) is 35.3 Å². The number of nitrogens with one attached hydrogen (secondary N) is 1. The van der Waals surface area contributed by atoms with E-state index in [1.165, 1.54) is 42.8 Å². The molecule has 1 aromatic heterocycles. The van der Waals surface area contributed by atoms with Crippen molar-refractivity contribution in [1.29, 1.82) is 0 Å². The average Bonchev–Trinajstić information content (AvgIpc) is 3.24. The van der Waals surface area contributed by atoms with Gasteiger partial charge in [-0.2, -0.15) is 0 Å². The minimum absolute atomic E-state index is 0. The van der Waals surface area contributed by atoms with Crippen molar-refractivity contribution in [2.24, 2.45) is 16.8 Å². The topological polar surface area (TPSA) is 53.0 Å². The quantitative estimate of drug-likeness (QED) is 0.277. The summed E-state index contributed by atoms with van der Waals surface area (Å²) in [6.07, 6.45) is 7.17. The lowest BCUT2D eigenvalue weighted by Gasteiger charge is -2.31. The number of hydrogen-bond acceptors (Lipinski definition) is 5. The van der Waals surface area contributed by atoms with Crippen molar-refractivity contribution in [3.63, 3.8) is 0 Å². The Labute approximate surface area is 210 Å². The molecule has 0 bridgehead atoms. The second-order valence-corrected chi connectivity index (χ2v) is 9.71. The molecule has 0 aliphatic carbocycles. The van der Waals surface area contributed by atoms with Crippen molar-refractivity contribution in [2.45, 2.75) is 58.9 Å². The molecule has 31 heavy (non-hydrogen) atoms. The number of piperidine rings is 1. The van der Waals surface area contributed by atoms with E-state index >= 15 is 0 Å². The smallest absolute Gasteiger partial charge is 0.193 e. The number of guanidine groups is 1. The van der Waals surface area contributed by atoms with Crippen LogP contribution >= 0.6 is 35.3 Å². The third-order valence-corrected chi connectivity index (χ3v) is 7.45. The first-order valence-electron chi connectivity index (χ1n) is 11.9. The van der Waals surface area contributed by atoms with Gasteiger partial charge >= 0.3 is 0 Å². The lowest BCUT2D eigenvalue weighted by molar-refractivity contribution is 0.0625. The second-order valence-electron chi connectivity index (χ2n) is 8.77. The monoisotopic (exact) mass is 563 g/mol. The predicted octanol–water partition coefficient (Wildman–Crippen LogP) is 4.25. The maximum atomic E-state index is 5.49. The van der Waals surface area contributed by atoms with Crippen LogP contribution in [0.25, 0.3) is 0 Å². The molecule has 0 atom stereocenters. The Hall–Kier alpha value is -0.450. The van der Waals surface area contributed by atoms with Gasteiger partial charge in [0.15, 0.2) is 5.96 Å². The Balaban J connectivity index is 0.00000341. The van der Waals surface area contributed by atoms with Crippen molar-refractivity contribution in [3.8, 4) is 0 Å². The van der Waals surface area contributed by atoms with Crippen LogP contribution in [-0.4, -0.2) is 73.7 Å². The summed E-state index contributed by atoms with van der Waals surface area (Å²) in [5, 5.41) is 6.98. The molecule has 3 rings (SSSR count). The Morgan fingerprint density at radius 1 is 1.23 bits per heavy atom. The highest BCUT2D eigenvalue weighted by molar-refractivity contribution is 14.0. The molecule has 3 heterocycles. The summed E-state index contributed by atoms with van der Waals surface area (Å²) in [7, 11) is 2.18. The van der Waals surface area contributed by atoms with E-state index in [9.17, 15) is 0 Å². The molecule has 0 radical (unpaired) electrons. The summed E-state index contributed by atoms with van der Waals surface area (Å²) < 4.78 is 5.49. The molecule has 0 aromatic carbocycles. The first kappa shape index (κ1) is 26.8. The van der Waals surface area contributed by atoms with Gasteiger partial charge in [-0.25, -0.2) is 4.98 Å². The number of aliphatic imine (C=N–C) groups is 1. The molecular weight excluding hydrogens is 521 g/mol. The third kappa shape index (κ3) is 9.14. The molecule has 178 valence electrons. The molecule has 1 aromatic rings. The number of nitrogens with zero attached hydrogens (tertiary/aromatic N) is 4. The van der Waals surface area contributed by atoms with E-state index in [1.54, 1.807) is 11.3 Å². The average molecular weight is 564 g/mol. The Kier molecular flexibility index (Phi) is 12.7. The molecule has 0 saturated carbocycles. The van der Waals surface area contributed by atoms with E-state index in [1.807, 2.05) is 0 Å². The molecule has 1 N–H and O–H groups in total. The van der Waals surface area contributed by atoms with Crippen LogP contribution in [0.3, 0.4) is 0 Å². The molecule has 2 fully saturated rings. The molecule has 0 unspecified atom stereocenters. The number of aryl methyl sites for hydroxylation is 1. The first-order valence-corrected chi connectivity index (χ1v) is 12.8. The van der Waals surface area contributed by atoms with E-state index in [4.69, 9.17) is 14.7 Å². The summed E-state index contributed by atoms with van der Waals surface area (Å²) in [6, 6.07) is 0. The number of thiazole rings is 1. The summed E-state index contributed by atoms with van der Waals surface area (Å²) in [6.45, 7) is 12.5. The summed E-state index contributed by atoms with van der Waals surface area (Å²) in [5.41, 5.74) is 1.24. The van der Waals surface area contributed by atoms with Gasteiger partial charge in [0, 0.05) is 51.8 Å². The molecule has 0 spiro atoms. The fraction of sp³-hybridized carbons (Fsp3) is 0.826. The van der Waals surface area contributed by atoms with Gasteiger partial charge in [0.05, 0.1) is 10.7 Å². The predicted molar refractivity (Wildman–Crippen MR) is 142 cm³/mol. The maximum absolute atomic E-state index is 5.49. The van der Waals surface area contributed by atoms with E-state index in [0.29, 0.717) is 5.92 Å². The molecule has 6 nitrogen and oxygen atoms in total. The maximum Gasteiger partial charge on any atom is 0.193 e. The Bertz CT molecular complexity index is 642. The largest absolute Gasteiger partial charge is 0.381 e. The lowest BCUT2D eigenvalue weighted by Crippen LogP contribution is -2.41. The number of ether oxygens (including phenoxy) is 1. The number of halogens is 1. The van der Waals surface area contributed by atoms with Crippen LogP contribution in [0.4, 0.5) is 0 Å². The highest BCUT2D eigenvalue weighted by atomic mass is 127. The number of likely N-dealkylation sites (tertiary alicyclic amines) is 1. The fourth-order valence-corrected chi connectivity index (χ4v) is 5.08. The standard InChI is InChI=1S/C23H41N5OS.HI/c1-4-22-26-21(18-30-22)17-28-12-7-20(8-13-28)16-25-23(24-5-2)27(3)11-6-19-9-14-29-15-10-19;/h18-20H,4-17H2,1-3H3,(H,24,25);1H. The molecule has 2 saturated heterocycles. The molecule has 2 aliphatic heterocycles. The molecule has 0 amide bonds. The minimum atomic E-state index is 0. The van der Waals surface area contributed by atoms with Crippen molar-refractivity contribution in [1.82, 2.24) is 20.1 Å². The SMILES string of the molecule is CCNC(=NCC1CCN(Cc2csc(CC)n2)CC1)N(C)CCC1CCOCC1.I. The van der Waals surface area contributed by atoms with Crippen LogP contribution in [0.5, 0.6) is 0 Å². The number of hydrogen-bond donors (Lipinski definition) is 1. The summed E-state index contributed by atoms with van der Waals surface area (Å²) in [4.78, 5) is 14.6. The fourth-order valence-electron chi connectivity index (χ4n) is 4.34. The number of rotatable bonds is 9. The minimum Gasteiger partial charge on any atom is -0.381 e. The Morgan fingerprint density at radius 2 is 1.97 bits per heavy atom. The van der Waals surface area contributed by atoms with Gasteiger partial charge < -0.3 is 15.0 Å². The van der Waals surface area contributed by atoms with E-state index in [-0.39, 0.29) is 24.0 Å². The summed E-state index contributed by atoms with van der Waals surface area (Å²) in [5.74, 6) is 2.57. The third-order valence-electron chi connectivity index (χ3n) is 6.40. The molecule has 2 aliphatic rings. The zero-order chi connectivity index (χ0) is 21.2. The van der Waals surface area contributed by atoms with E-state index in [2.05, 4.69) is 41.4 Å². The summed E-state index contributed by atoms with van der Waals surface area (Å²) >= 11 is 1.80.